The van der Waals surface area contributed by atoms with Crippen LogP contribution in [0, 0.1) is 0 Å². The number of carbonyl (C=O) groups is 1. The average Bonchev–Trinajstić information content (AvgIpc) is 2.62. The molecule has 0 amide bonds. The van der Waals surface area contributed by atoms with Crippen molar-refractivity contribution in [2.45, 2.75) is 12.0 Å². The Kier molecular flexibility index (Phi) is 4.98. The second-order valence-corrected chi connectivity index (χ2v) is 5.71. The van der Waals surface area contributed by atoms with Crippen LogP contribution in [0.15, 0.2) is 71.5 Å². The van der Waals surface area contributed by atoms with E-state index in [1.54, 1.807) is 0 Å². The van der Waals surface area contributed by atoms with Gasteiger partial charge in [-0.15, -0.1) is 0 Å². The highest BCUT2D eigenvalue weighted by Crippen LogP contribution is 2.29. The monoisotopic (exact) mass is 351 g/mol. The maximum absolute atomic E-state index is 12.0. The molecule has 2 aromatic carbocycles. The van der Waals surface area contributed by atoms with Crippen molar-refractivity contribution in [2.75, 3.05) is 5.32 Å². The molecule has 0 fully saturated rings. The van der Waals surface area contributed by atoms with Crippen molar-refractivity contribution in [2.24, 2.45) is 0 Å². The quantitative estimate of drug-likeness (QED) is 0.541. The third kappa shape index (κ3) is 3.89. The smallest absolute Gasteiger partial charge is 0.327 e. The van der Waals surface area contributed by atoms with Crippen LogP contribution in [0.5, 0.6) is 5.88 Å². The van der Waals surface area contributed by atoms with Crippen LogP contribution in [-0.4, -0.2) is 32.2 Å². The number of benzene rings is 2. The van der Waals surface area contributed by atoms with Gasteiger partial charge in [0.2, 0.25) is 11.8 Å². The van der Waals surface area contributed by atoms with E-state index >= 15 is 0 Å². The first-order chi connectivity index (χ1) is 12.5. The molecule has 0 saturated heterocycles. The Bertz CT molecular complexity index is 902. The van der Waals surface area contributed by atoms with Crippen molar-refractivity contribution in [1.82, 2.24) is 9.97 Å². The molecule has 3 aromatic rings. The highest BCUT2D eigenvalue weighted by Gasteiger charge is 2.31. The maximum Gasteiger partial charge on any atom is 0.327 e. The van der Waals surface area contributed by atoms with Gasteiger partial charge in [0.25, 0.3) is 5.56 Å². The average molecular weight is 351 g/mol. The number of aromatic nitrogens is 2. The standard InChI is InChI=1S/C19H17N3O4/c23-14-11-15(24)21-19(20-14)22-17(18(25)26)16(12-7-3-1-4-8-12)13-9-5-2-6-10-13/h1-11,16-17H,(H,25,26)(H3,20,21,22,23,24). The second kappa shape index (κ2) is 7.52. The lowest BCUT2D eigenvalue weighted by atomic mass is 9.85. The molecular weight excluding hydrogens is 334 g/mol. The Hall–Kier alpha value is -3.61. The molecule has 3 rings (SSSR count). The molecule has 1 heterocycles. The molecule has 0 spiro atoms. The zero-order chi connectivity index (χ0) is 18.5. The van der Waals surface area contributed by atoms with Gasteiger partial charge in [-0.1, -0.05) is 60.7 Å². The Morgan fingerprint density at radius 3 is 2.00 bits per heavy atom. The summed E-state index contributed by atoms with van der Waals surface area (Å²) in [6.45, 7) is 0. The lowest BCUT2D eigenvalue weighted by Crippen LogP contribution is -2.37. The summed E-state index contributed by atoms with van der Waals surface area (Å²) in [4.78, 5) is 29.7. The van der Waals surface area contributed by atoms with Crippen molar-refractivity contribution in [3.63, 3.8) is 0 Å². The fourth-order valence-corrected chi connectivity index (χ4v) is 2.85. The minimum atomic E-state index is -1.12. The van der Waals surface area contributed by atoms with Gasteiger partial charge in [0, 0.05) is 5.92 Å². The normalized spacial score (nSPS) is 11.9. The first-order valence-electron chi connectivity index (χ1n) is 7.94. The number of anilines is 1. The fraction of sp³-hybridized carbons (Fsp3) is 0.105. The van der Waals surface area contributed by atoms with Crippen LogP contribution in [0.4, 0.5) is 5.95 Å². The van der Waals surface area contributed by atoms with Crippen LogP contribution in [0.25, 0.3) is 0 Å². The topological polar surface area (TPSA) is 115 Å². The molecule has 1 aromatic heterocycles. The van der Waals surface area contributed by atoms with Crippen molar-refractivity contribution in [3.05, 3.63) is 88.2 Å². The van der Waals surface area contributed by atoms with E-state index in [9.17, 15) is 19.8 Å². The van der Waals surface area contributed by atoms with E-state index in [1.165, 1.54) is 0 Å². The summed E-state index contributed by atoms with van der Waals surface area (Å²) in [6, 6.07) is 18.2. The maximum atomic E-state index is 12.0. The number of carboxylic acid groups (broad SMARTS) is 1. The van der Waals surface area contributed by atoms with Gasteiger partial charge in [0.05, 0.1) is 6.07 Å². The van der Waals surface area contributed by atoms with Crippen LogP contribution in [0.2, 0.25) is 0 Å². The molecule has 4 N–H and O–H groups in total. The minimum absolute atomic E-state index is 0.112. The highest BCUT2D eigenvalue weighted by atomic mass is 16.4. The number of nitrogens with zero attached hydrogens (tertiary/aromatic N) is 1. The number of hydrogen-bond acceptors (Lipinski definition) is 5. The van der Waals surface area contributed by atoms with E-state index in [2.05, 4.69) is 15.3 Å². The Labute approximate surface area is 149 Å². The van der Waals surface area contributed by atoms with E-state index in [1.807, 2.05) is 60.7 Å². The lowest BCUT2D eigenvalue weighted by Gasteiger charge is -2.26. The number of rotatable bonds is 6. The SMILES string of the molecule is O=C(O)C(Nc1nc(O)cc(=O)[nH]1)C(c1ccccc1)c1ccccc1. The summed E-state index contributed by atoms with van der Waals surface area (Å²) < 4.78 is 0. The van der Waals surface area contributed by atoms with Crippen molar-refractivity contribution in [1.29, 1.82) is 0 Å². The second-order valence-electron chi connectivity index (χ2n) is 5.71. The van der Waals surface area contributed by atoms with Gasteiger partial charge < -0.3 is 15.5 Å². The number of carboxylic acids is 1. The number of hydrogen-bond donors (Lipinski definition) is 4. The van der Waals surface area contributed by atoms with Gasteiger partial charge in [-0.3, -0.25) is 9.78 Å². The van der Waals surface area contributed by atoms with Gasteiger partial charge in [0.15, 0.2) is 0 Å². The van der Waals surface area contributed by atoms with Crippen LogP contribution in [-0.2, 0) is 4.79 Å². The van der Waals surface area contributed by atoms with Crippen LogP contribution in [0.3, 0.4) is 0 Å². The summed E-state index contributed by atoms with van der Waals surface area (Å²) in [6.07, 6.45) is 0. The zero-order valence-corrected chi connectivity index (χ0v) is 13.7. The summed E-state index contributed by atoms with van der Waals surface area (Å²) in [5, 5.41) is 22.1. The van der Waals surface area contributed by atoms with Gasteiger partial charge >= 0.3 is 5.97 Å². The fourth-order valence-electron chi connectivity index (χ4n) is 2.85. The summed E-state index contributed by atoms with van der Waals surface area (Å²) in [5.74, 6) is -2.26. The molecule has 0 saturated carbocycles. The number of nitrogens with one attached hydrogen (secondary N) is 2. The molecule has 0 radical (unpaired) electrons. The number of aromatic amines is 1. The molecule has 7 nitrogen and oxygen atoms in total. The zero-order valence-electron chi connectivity index (χ0n) is 13.7. The first kappa shape index (κ1) is 17.2. The first-order valence-corrected chi connectivity index (χ1v) is 7.94. The van der Waals surface area contributed by atoms with E-state index in [0.717, 1.165) is 17.2 Å². The molecule has 132 valence electrons. The van der Waals surface area contributed by atoms with Crippen molar-refractivity contribution < 1.29 is 15.0 Å². The molecule has 7 heteroatoms. The summed E-state index contributed by atoms with van der Waals surface area (Å²) in [7, 11) is 0. The summed E-state index contributed by atoms with van der Waals surface area (Å²) >= 11 is 0. The Morgan fingerprint density at radius 1 is 1.00 bits per heavy atom. The summed E-state index contributed by atoms with van der Waals surface area (Å²) in [5.41, 5.74) is 1.00. The predicted molar refractivity (Wildman–Crippen MR) is 96.3 cm³/mol. The van der Waals surface area contributed by atoms with Gasteiger partial charge in [-0.05, 0) is 11.1 Å². The highest BCUT2D eigenvalue weighted by molar-refractivity contribution is 5.79. The van der Waals surface area contributed by atoms with Crippen molar-refractivity contribution >= 4 is 11.9 Å². The van der Waals surface area contributed by atoms with E-state index in [4.69, 9.17) is 0 Å². The molecule has 1 unspecified atom stereocenters. The Morgan fingerprint density at radius 2 is 1.54 bits per heavy atom. The molecule has 0 aliphatic carbocycles. The molecule has 1 atom stereocenters. The number of H-pyrrole nitrogens is 1. The number of aromatic hydroxyl groups is 1. The van der Waals surface area contributed by atoms with Crippen LogP contribution in [0.1, 0.15) is 17.0 Å². The third-order valence-electron chi connectivity index (χ3n) is 3.94. The largest absolute Gasteiger partial charge is 0.493 e. The number of aliphatic carboxylic acids is 1. The van der Waals surface area contributed by atoms with Crippen LogP contribution < -0.4 is 10.9 Å². The molecular formula is C19H17N3O4. The predicted octanol–water partition coefficient (Wildman–Crippen LogP) is 2.17. The minimum Gasteiger partial charge on any atom is -0.493 e. The molecule has 26 heavy (non-hydrogen) atoms. The molecule has 0 aliphatic rings. The van der Waals surface area contributed by atoms with E-state index in [0.29, 0.717) is 0 Å². The Balaban J connectivity index is 2.06. The lowest BCUT2D eigenvalue weighted by molar-refractivity contribution is -0.138. The third-order valence-corrected chi connectivity index (χ3v) is 3.94. The molecule has 0 bridgehead atoms. The van der Waals surface area contributed by atoms with Gasteiger partial charge in [0.1, 0.15) is 6.04 Å². The van der Waals surface area contributed by atoms with Crippen LogP contribution >= 0.6 is 0 Å². The van der Waals surface area contributed by atoms with Gasteiger partial charge in [-0.25, -0.2) is 4.79 Å². The van der Waals surface area contributed by atoms with E-state index in [-0.39, 0.29) is 5.95 Å². The van der Waals surface area contributed by atoms with Crippen molar-refractivity contribution in [3.8, 4) is 5.88 Å². The molecule has 0 aliphatic heterocycles. The van der Waals surface area contributed by atoms with Gasteiger partial charge in [-0.2, -0.15) is 4.98 Å². The van der Waals surface area contributed by atoms with E-state index < -0.39 is 29.4 Å².